The van der Waals surface area contributed by atoms with Crippen LogP contribution in [0.1, 0.15) is 25.0 Å². The van der Waals surface area contributed by atoms with Crippen LogP contribution < -0.4 is 5.32 Å². The van der Waals surface area contributed by atoms with Crippen molar-refractivity contribution in [3.63, 3.8) is 0 Å². The molecule has 2 rings (SSSR count). The third-order valence-electron chi connectivity index (χ3n) is 3.49. The Balaban J connectivity index is 1.80. The van der Waals surface area contributed by atoms with Gasteiger partial charge in [-0.05, 0) is 31.5 Å². The van der Waals surface area contributed by atoms with Crippen molar-refractivity contribution in [2.75, 3.05) is 26.2 Å². The first-order valence-electron chi connectivity index (χ1n) is 6.94. The Morgan fingerprint density at radius 3 is 3.11 bits per heavy atom. The standard InChI is InChI=1S/C14H22N2O3/c17-9-8-16(11-12-3-1-7-15-12)14(18)6-5-13-4-2-10-19-13/h2,4,10,12,15,17H,1,3,5-9,11H2. The maximum atomic E-state index is 12.2. The van der Waals surface area contributed by atoms with Crippen LogP contribution in [0.2, 0.25) is 0 Å². The Kier molecular flexibility index (Phi) is 5.42. The van der Waals surface area contributed by atoms with Gasteiger partial charge >= 0.3 is 0 Å². The summed E-state index contributed by atoms with van der Waals surface area (Å²) in [5, 5.41) is 12.5. The lowest BCUT2D eigenvalue weighted by Gasteiger charge is -2.25. The number of hydrogen-bond acceptors (Lipinski definition) is 4. The number of carbonyl (C=O) groups excluding carboxylic acids is 1. The fourth-order valence-corrected chi connectivity index (χ4v) is 2.46. The van der Waals surface area contributed by atoms with E-state index in [0.29, 0.717) is 32.0 Å². The van der Waals surface area contributed by atoms with E-state index in [-0.39, 0.29) is 12.5 Å². The van der Waals surface area contributed by atoms with Crippen LogP contribution in [-0.4, -0.2) is 48.2 Å². The number of nitrogens with one attached hydrogen (secondary N) is 1. The summed E-state index contributed by atoms with van der Waals surface area (Å²) in [6.07, 6.45) is 4.94. The number of nitrogens with zero attached hydrogens (tertiary/aromatic N) is 1. The quantitative estimate of drug-likeness (QED) is 0.765. The average molecular weight is 266 g/mol. The smallest absolute Gasteiger partial charge is 0.223 e. The third kappa shape index (κ3) is 4.36. The van der Waals surface area contributed by atoms with Gasteiger partial charge in [-0.15, -0.1) is 0 Å². The second-order valence-electron chi connectivity index (χ2n) is 4.94. The summed E-state index contributed by atoms with van der Waals surface area (Å²) in [7, 11) is 0. The van der Waals surface area contributed by atoms with Gasteiger partial charge < -0.3 is 19.7 Å². The van der Waals surface area contributed by atoms with Gasteiger partial charge in [0, 0.05) is 32.0 Å². The van der Waals surface area contributed by atoms with Crippen LogP contribution in [0.4, 0.5) is 0 Å². The molecule has 2 N–H and O–H groups in total. The molecule has 1 atom stereocenters. The predicted molar refractivity (Wildman–Crippen MR) is 71.7 cm³/mol. The van der Waals surface area contributed by atoms with E-state index in [1.165, 1.54) is 0 Å². The van der Waals surface area contributed by atoms with Crippen molar-refractivity contribution in [1.82, 2.24) is 10.2 Å². The molecular weight excluding hydrogens is 244 g/mol. The SMILES string of the molecule is O=C(CCc1ccco1)N(CCO)CC1CCCN1. The van der Waals surface area contributed by atoms with Crippen molar-refractivity contribution >= 4 is 5.91 Å². The molecule has 19 heavy (non-hydrogen) atoms. The van der Waals surface area contributed by atoms with E-state index in [1.807, 2.05) is 12.1 Å². The fraction of sp³-hybridized carbons (Fsp3) is 0.643. The maximum Gasteiger partial charge on any atom is 0.223 e. The molecule has 1 saturated heterocycles. The Morgan fingerprint density at radius 2 is 2.47 bits per heavy atom. The van der Waals surface area contributed by atoms with Gasteiger partial charge in [0.2, 0.25) is 5.91 Å². The molecule has 0 bridgehead atoms. The zero-order chi connectivity index (χ0) is 13.5. The van der Waals surface area contributed by atoms with Crippen molar-refractivity contribution in [3.05, 3.63) is 24.2 Å². The zero-order valence-corrected chi connectivity index (χ0v) is 11.2. The molecule has 1 aromatic rings. The fourth-order valence-electron chi connectivity index (χ4n) is 2.46. The molecule has 1 aliphatic rings. The highest BCUT2D eigenvalue weighted by atomic mass is 16.3. The van der Waals surface area contributed by atoms with Crippen molar-refractivity contribution in [1.29, 1.82) is 0 Å². The molecule has 106 valence electrons. The monoisotopic (exact) mass is 266 g/mol. The number of amides is 1. The Labute approximate surface area is 113 Å². The highest BCUT2D eigenvalue weighted by molar-refractivity contribution is 5.76. The summed E-state index contributed by atoms with van der Waals surface area (Å²) in [5.74, 6) is 0.912. The molecule has 0 aromatic carbocycles. The van der Waals surface area contributed by atoms with Crippen LogP contribution in [0.15, 0.2) is 22.8 Å². The highest BCUT2D eigenvalue weighted by Crippen LogP contribution is 2.10. The van der Waals surface area contributed by atoms with E-state index in [4.69, 9.17) is 9.52 Å². The van der Waals surface area contributed by atoms with Gasteiger partial charge in [-0.1, -0.05) is 0 Å². The molecule has 0 spiro atoms. The molecule has 1 unspecified atom stereocenters. The van der Waals surface area contributed by atoms with Gasteiger partial charge in [-0.2, -0.15) is 0 Å². The number of rotatable bonds is 7. The minimum Gasteiger partial charge on any atom is -0.469 e. The predicted octanol–water partition coefficient (Wildman–Crippen LogP) is 0.785. The molecule has 0 radical (unpaired) electrons. The highest BCUT2D eigenvalue weighted by Gasteiger charge is 2.21. The first-order valence-corrected chi connectivity index (χ1v) is 6.94. The molecule has 1 amide bonds. The minimum atomic E-state index is 0.0131. The summed E-state index contributed by atoms with van der Waals surface area (Å²) in [4.78, 5) is 13.9. The largest absolute Gasteiger partial charge is 0.469 e. The van der Waals surface area contributed by atoms with Crippen molar-refractivity contribution in [2.45, 2.75) is 31.7 Å². The number of carbonyl (C=O) groups is 1. The van der Waals surface area contributed by atoms with Gasteiger partial charge in [-0.25, -0.2) is 0 Å². The first-order chi connectivity index (χ1) is 9.29. The average Bonchev–Trinajstić information content (AvgIpc) is 3.08. The van der Waals surface area contributed by atoms with Crippen molar-refractivity contribution in [2.24, 2.45) is 0 Å². The normalized spacial score (nSPS) is 18.7. The Bertz CT molecular complexity index is 372. The lowest BCUT2D eigenvalue weighted by Crippen LogP contribution is -2.42. The van der Waals surface area contributed by atoms with Gasteiger partial charge in [0.25, 0.3) is 0 Å². The van der Waals surface area contributed by atoms with Crippen LogP contribution in [0.5, 0.6) is 0 Å². The lowest BCUT2D eigenvalue weighted by molar-refractivity contribution is -0.132. The number of aryl methyl sites for hydroxylation is 1. The van der Waals surface area contributed by atoms with Gasteiger partial charge in [0.1, 0.15) is 5.76 Å². The van der Waals surface area contributed by atoms with Crippen LogP contribution in [0, 0.1) is 0 Å². The first kappa shape index (κ1) is 14.1. The van der Waals surface area contributed by atoms with Crippen LogP contribution >= 0.6 is 0 Å². The van der Waals surface area contributed by atoms with E-state index in [9.17, 15) is 4.79 Å². The Morgan fingerprint density at radius 1 is 1.58 bits per heavy atom. The number of aliphatic hydroxyl groups is 1. The van der Waals surface area contributed by atoms with E-state index in [1.54, 1.807) is 11.2 Å². The molecule has 2 heterocycles. The summed E-state index contributed by atoms with van der Waals surface area (Å²) in [5.41, 5.74) is 0. The molecule has 0 saturated carbocycles. The molecule has 0 aliphatic carbocycles. The topological polar surface area (TPSA) is 65.7 Å². The van der Waals surface area contributed by atoms with E-state index in [2.05, 4.69) is 5.32 Å². The van der Waals surface area contributed by atoms with Crippen LogP contribution in [0.3, 0.4) is 0 Å². The summed E-state index contributed by atoms with van der Waals surface area (Å²) in [6, 6.07) is 4.08. The summed E-state index contributed by atoms with van der Waals surface area (Å²) < 4.78 is 5.22. The number of furan rings is 1. The van der Waals surface area contributed by atoms with Gasteiger partial charge in [0.15, 0.2) is 0 Å². The van der Waals surface area contributed by atoms with Crippen LogP contribution in [0.25, 0.3) is 0 Å². The van der Waals surface area contributed by atoms with Crippen molar-refractivity contribution in [3.8, 4) is 0 Å². The molecule has 5 heteroatoms. The molecule has 5 nitrogen and oxygen atoms in total. The second kappa shape index (κ2) is 7.31. The summed E-state index contributed by atoms with van der Waals surface area (Å²) in [6.45, 7) is 2.14. The maximum absolute atomic E-state index is 12.2. The molecule has 1 aliphatic heterocycles. The molecule has 1 fully saturated rings. The zero-order valence-electron chi connectivity index (χ0n) is 11.2. The second-order valence-corrected chi connectivity index (χ2v) is 4.94. The van der Waals surface area contributed by atoms with Gasteiger partial charge in [-0.3, -0.25) is 4.79 Å². The molecule has 1 aromatic heterocycles. The lowest BCUT2D eigenvalue weighted by atomic mass is 10.2. The number of hydrogen-bond donors (Lipinski definition) is 2. The molecular formula is C14H22N2O3. The van der Waals surface area contributed by atoms with Crippen LogP contribution in [-0.2, 0) is 11.2 Å². The van der Waals surface area contributed by atoms with Crippen molar-refractivity contribution < 1.29 is 14.3 Å². The number of aliphatic hydroxyl groups excluding tert-OH is 1. The Hall–Kier alpha value is -1.33. The van der Waals surface area contributed by atoms with E-state index >= 15 is 0 Å². The summed E-state index contributed by atoms with van der Waals surface area (Å²) >= 11 is 0. The third-order valence-corrected chi connectivity index (χ3v) is 3.49. The van der Waals surface area contributed by atoms with E-state index < -0.39 is 0 Å². The van der Waals surface area contributed by atoms with E-state index in [0.717, 1.165) is 25.1 Å². The van der Waals surface area contributed by atoms with Gasteiger partial charge in [0.05, 0.1) is 12.9 Å². The minimum absolute atomic E-state index is 0.0131.